The maximum atomic E-state index is 12.5. The van der Waals surface area contributed by atoms with Crippen molar-refractivity contribution < 1.29 is 64.3 Å². The third kappa shape index (κ3) is 9.79. The number of aliphatic hydroxyl groups is 7. The van der Waals surface area contributed by atoms with Crippen molar-refractivity contribution in [1.29, 1.82) is 0 Å². The highest BCUT2D eigenvalue weighted by Gasteiger charge is 2.48. The van der Waals surface area contributed by atoms with E-state index < -0.39 is 92.6 Å². The van der Waals surface area contributed by atoms with Gasteiger partial charge < -0.3 is 65.3 Å². The van der Waals surface area contributed by atoms with E-state index in [2.05, 4.69) is 10.6 Å². The summed E-state index contributed by atoms with van der Waals surface area (Å²) in [4.78, 5) is 24.7. The molecule has 0 saturated carbocycles. The Balaban J connectivity index is 2.23. The van der Waals surface area contributed by atoms with E-state index in [-0.39, 0.29) is 6.61 Å². The summed E-state index contributed by atoms with van der Waals surface area (Å²) in [6.07, 6.45) is -14.2. The quantitative estimate of drug-likeness (QED) is 0.127. The minimum absolute atomic E-state index is 0.136. The van der Waals surface area contributed by atoms with Crippen LogP contribution in [0.2, 0.25) is 0 Å². The first-order valence-corrected chi connectivity index (χ1v) is 12.6. The van der Waals surface area contributed by atoms with Crippen LogP contribution in [0, 0.1) is 0 Å². The standard InChI is InChI=1S/C25H40N2O13/c1-25(2,3)40-24(36)26-14(9-28)18(32)21(15(31)10-29)39-22-17(20(34)19(33)16(11-30)38-22)27-23(35)37-12-13-7-5-4-6-8-13/h4-8,14-22,28-34H,9-12H2,1-3H3,(H,26,36)(H,27,35)/t14?,15?,16?,17?,18-,19+,20-,21+,22-/m0/s1. The van der Waals surface area contributed by atoms with Gasteiger partial charge in [0.15, 0.2) is 6.29 Å². The smallest absolute Gasteiger partial charge is 0.408 e. The van der Waals surface area contributed by atoms with Gasteiger partial charge in [-0.2, -0.15) is 0 Å². The molecular weight excluding hydrogens is 536 g/mol. The summed E-state index contributed by atoms with van der Waals surface area (Å²) in [6.45, 7) is 2.06. The summed E-state index contributed by atoms with van der Waals surface area (Å²) >= 11 is 0. The number of hydrogen-bond donors (Lipinski definition) is 9. The molecular formula is C25H40N2O13. The second-order valence-corrected chi connectivity index (χ2v) is 10.2. The third-order valence-electron chi connectivity index (χ3n) is 5.88. The number of benzene rings is 1. The van der Waals surface area contributed by atoms with Gasteiger partial charge in [-0.1, -0.05) is 30.3 Å². The normalized spacial score (nSPS) is 26.2. The fourth-order valence-corrected chi connectivity index (χ4v) is 3.84. The lowest BCUT2D eigenvalue weighted by Crippen LogP contribution is -2.66. The van der Waals surface area contributed by atoms with Gasteiger partial charge in [0, 0.05) is 0 Å². The minimum atomic E-state index is -1.90. The second kappa shape index (κ2) is 15.4. The molecule has 4 unspecified atom stereocenters. The van der Waals surface area contributed by atoms with Gasteiger partial charge in [0.25, 0.3) is 0 Å². The Bertz CT molecular complexity index is 916. The minimum Gasteiger partial charge on any atom is -0.445 e. The number of hydrogen-bond acceptors (Lipinski definition) is 13. The predicted molar refractivity (Wildman–Crippen MR) is 136 cm³/mol. The highest BCUT2D eigenvalue weighted by atomic mass is 16.7. The number of amides is 2. The average Bonchev–Trinajstić information content (AvgIpc) is 2.91. The Morgan fingerprint density at radius 2 is 1.65 bits per heavy atom. The second-order valence-electron chi connectivity index (χ2n) is 10.2. The molecule has 228 valence electrons. The van der Waals surface area contributed by atoms with E-state index >= 15 is 0 Å². The maximum Gasteiger partial charge on any atom is 0.408 e. The number of carbonyl (C=O) groups excluding carboxylic acids is 2. The molecule has 1 heterocycles. The van der Waals surface area contributed by atoms with E-state index in [9.17, 15) is 45.3 Å². The SMILES string of the molecule is CC(C)(C)OC(=O)NC(CO)[C@H](O)[C@H](O[C@@H]1OC(CO)[C@@H](O)[C@@H](O)C1NC(=O)OCc1ccccc1)C(O)CO. The first kappa shape index (κ1) is 33.6. The van der Waals surface area contributed by atoms with E-state index in [1.54, 1.807) is 51.1 Å². The van der Waals surface area contributed by atoms with Crippen molar-refractivity contribution in [2.45, 2.75) is 88.0 Å². The number of nitrogens with one attached hydrogen (secondary N) is 2. The highest BCUT2D eigenvalue weighted by Crippen LogP contribution is 2.25. The van der Waals surface area contributed by atoms with E-state index in [1.165, 1.54) is 0 Å². The molecule has 1 aromatic carbocycles. The van der Waals surface area contributed by atoms with Crippen LogP contribution < -0.4 is 10.6 Å². The average molecular weight is 577 g/mol. The van der Waals surface area contributed by atoms with E-state index in [1.807, 2.05) is 0 Å². The van der Waals surface area contributed by atoms with Gasteiger partial charge in [-0.3, -0.25) is 0 Å². The van der Waals surface area contributed by atoms with Crippen molar-refractivity contribution >= 4 is 12.2 Å². The molecule has 1 aliphatic heterocycles. The lowest BCUT2D eigenvalue weighted by atomic mass is 9.96. The van der Waals surface area contributed by atoms with Crippen LogP contribution in [-0.2, 0) is 25.6 Å². The Morgan fingerprint density at radius 1 is 1.00 bits per heavy atom. The predicted octanol–water partition coefficient (Wildman–Crippen LogP) is -2.29. The summed E-state index contributed by atoms with van der Waals surface area (Å²) in [5.74, 6) is 0. The van der Waals surface area contributed by atoms with Crippen molar-refractivity contribution in [1.82, 2.24) is 10.6 Å². The van der Waals surface area contributed by atoms with Crippen LogP contribution in [0.15, 0.2) is 30.3 Å². The molecule has 9 atom stereocenters. The molecule has 0 bridgehead atoms. The summed E-state index contributed by atoms with van der Waals surface area (Å²) in [7, 11) is 0. The molecule has 1 fully saturated rings. The molecule has 0 radical (unpaired) electrons. The molecule has 1 saturated heterocycles. The lowest BCUT2D eigenvalue weighted by Gasteiger charge is -2.44. The summed E-state index contributed by atoms with van der Waals surface area (Å²) in [5, 5.41) is 75.9. The summed E-state index contributed by atoms with van der Waals surface area (Å²) in [6, 6.07) is 5.62. The van der Waals surface area contributed by atoms with Crippen LogP contribution in [0.1, 0.15) is 26.3 Å². The van der Waals surface area contributed by atoms with Gasteiger partial charge in [0.05, 0.1) is 25.9 Å². The first-order valence-electron chi connectivity index (χ1n) is 12.6. The third-order valence-corrected chi connectivity index (χ3v) is 5.88. The van der Waals surface area contributed by atoms with Gasteiger partial charge in [0.1, 0.15) is 54.9 Å². The summed E-state index contributed by atoms with van der Waals surface area (Å²) in [5.41, 5.74) is -0.247. The molecule has 9 N–H and O–H groups in total. The molecule has 40 heavy (non-hydrogen) atoms. The van der Waals surface area contributed by atoms with Crippen LogP contribution in [0.25, 0.3) is 0 Å². The largest absolute Gasteiger partial charge is 0.445 e. The van der Waals surface area contributed by atoms with Gasteiger partial charge in [-0.25, -0.2) is 9.59 Å². The fraction of sp³-hybridized carbons (Fsp3) is 0.680. The van der Waals surface area contributed by atoms with Crippen LogP contribution in [0.5, 0.6) is 0 Å². The Morgan fingerprint density at radius 3 is 2.20 bits per heavy atom. The summed E-state index contributed by atoms with van der Waals surface area (Å²) < 4.78 is 21.4. The molecule has 0 spiro atoms. The van der Waals surface area contributed by atoms with Gasteiger partial charge in [-0.05, 0) is 26.3 Å². The molecule has 2 amide bonds. The van der Waals surface area contributed by atoms with Gasteiger partial charge >= 0.3 is 12.2 Å². The molecule has 0 aromatic heterocycles. The van der Waals surface area contributed by atoms with Crippen molar-refractivity contribution in [2.24, 2.45) is 0 Å². The van der Waals surface area contributed by atoms with Crippen molar-refractivity contribution in [2.75, 3.05) is 19.8 Å². The molecule has 15 nitrogen and oxygen atoms in total. The number of alkyl carbamates (subject to hydrolysis) is 2. The topological polar surface area (TPSA) is 237 Å². The molecule has 2 rings (SSSR count). The number of carbonyl (C=O) groups is 2. The Labute approximate surface area is 231 Å². The number of aliphatic hydroxyl groups excluding tert-OH is 7. The monoisotopic (exact) mass is 576 g/mol. The van der Waals surface area contributed by atoms with Crippen molar-refractivity contribution in [3.05, 3.63) is 35.9 Å². The van der Waals surface area contributed by atoms with Crippen LogP contribution in [-0.4, -0.2) is 128 Å². The molecule has 0 aliphatic carbocycles. The zero-order valence-corrected chi connectivity index (χ0v) is 22.5. The van der Waals surface area contributed by atoms with Crippen LogP contribution in [0.3, 0.4) is 0 Å². The Kier molecular flexibility index (Phi) is 12.9. The molecule has 1 aliphatic rings. The van der Waals surface area contributed by atoms with Crippen molar-refractivity contribution in [3.8, 4) is 0 Å². The Hall–Kier alpha value is -2.60. The van der Waals surface area contributed by atoms with E-state index in [4.69, 9.17) is 18.9 Å². The highest BCUT2D eigenvalue weighted by molar-refractivity contribution is 5.68. The number of rotatable bonds is 12. The zero-order chi connectivity index (χ0) is 30.0. The fourth-order valence-electron chi connectivity index (χ4n) is 3.84. The first-order chi connectivity index (χ1) is 18.8. The maximum absolute atomic E-state index is 12.5. The lowest BCUT2D eigenvalue weighted by molar-refractivity contribution is -0.299. The molecule has 1 aromatic rings. The van der Waals surface area contributed by atoms with Crippen LogP contribution >= 0.6 is 0 Å². The van der Waals surface area contributed by atoms with E-state index in [0.29, 0.717) is 5.56 Å². The molecule has 15 heteroatoms. The van der Waals surface area contributed by atoms with Crippen molar-refractivity contribution in [3.63, 3.8) is 0 Å². The van der Waals surface area contributed by atoms with Gasteiger partial charge in [-0.15, -0.1) is 0 Å². The number of ether oxygens (including phenoxy) is 4. The van der Waals surface area contributed by atoms with E-state index in [0.717, 1.165) is 0 Å². The zero-order valence-electron chi connectivity index (χ0n) is 22.5. The van der Waals surface area contributed by atoms with Gasteiger partial charge in [0.2, 0.25) is 0 Å². The van der Waals surface area contributed by atoms with Crippen LogP contribution in [0.4, 0.5) is 9.59 Å².